The molecule has 4 N–H and O–H groups in total. The minimum absolute atomic E-state index is 0.0766. The molecular formula is C12H19FN2. The molecule has 0 bridgehead atoms. The molecule has 15 heavy (non-hydrogen) atoms. The summed E-state index contributed by atoms with van der Waals surface area (Å²) in [5.74, 6) is -0.179. The standard InChI is InChI=1S/C12H19FN2/c1-9-10(5-4-6-11(9)13)12(15)7-2-3-8-14/h4-6,12H,2-3,7-8,14-15H2,1H3/t12-/m1/s1. The van der Waals surface area contributed by atoms with Gasteiger partial charge in [-0.2, -0.15) is 0 Å². The van der Waals surface area contributed by atoms with Crippen molar-refractivity contribution in [2.75, 3.05) is 6.54 Å². The third-order valence-electron chi connectivity index (χ3n) is 2.68. The average molecular weight is 210 g/mol. The summed E-state index contributed by atoms with van der Waals surface area (Å²) in [6.45, 7) is 2.46. The van der Waals surface area contributed by atoms with E-state index in [-0.39, 0.29) is 11.9 Å². The molecule has 0 radical (unpaired) electrons. The largest absolute Gasteiger partial charge is 0.330 e. The molecule has 1 aromatic rings. The van der Waals surface area contributed by atoms with E-state index >= 15 is 0 Å². The molecule has 3 heteroatoms. The van der Waals surface area contributed by atoms with Crippen LogP contribution in [0.4, 0.5) is 4.39 Å². The molecule has 2 nitrogen and oxygen atoms in total. The summed E-state index contributed by atoms with van der Waals surface area (Å²) < 4.78 is 13.3. The maximum Gasteiger partial charge on any atom is 0.126 e. The quantitative estimate of drug-likeness (QED) is 0.732. The monoisotopic (exact) mass is 210 g/mol. The predicted molar refractivity (Wildman–Crippen MR) is 61.0 cm³/mol. The maximum atomic E-state index is 13.3. The molecule has 0 aromatic heterocycles. The SMILES string of the molecule is Cc1c(F)cccc1[C@H](N)CCCCN. The minimum atomic E-state index is -0.179. The molecule has 0 spiro atoms. The van der Waals surface area contributed by atoms with E-state index in [1.165, 1.54) is 6.07 Å². The molecule has 0 saturated heterocycles. The van der Waals surface area contributed by atoms with E-state index in [2.05, 4.69) is 0 Å². The van der Waals surface area contributed by atoms with Crippen LogP contribution in [0.15, 0.2) is 18.2 Å². The van der Waals surface area contributed by atoms with E-state index in [9.17, 15) is 4.39 Å². The highest BCUT2D eigenvalue weighted by Gasteiger charge is 2.10. The number of hydrogen-bond donors (Lipinski definition) is 2. The predicted octanol–water partition coefficient (Wildman–Crippen LogP) is 2.26. The summed E-state index contributed by atoms with van der Waals surface area (Å²) in [7, 11) is 0. The Bertz CT molecular complexity index is 312. The van der Waals surface area contributed by atoms with Gasteiger partial charge in [-0.25, -0.2) is 4.39 Å². The molecular weight excluding hydrogens is 191 g/mol. The van der Waals surface area contributed by atoms with Gasteiger partial charge in [0.25, 0.3) is 0 Å². The number of unbranched alkanes of at least 4 members (excludes halogenated alkanes) is 1. The lowest BCUT2D eigenvalue weighted by atomic mass is 9.97. The Balaban J connectivity index is 2.65. The van der Waals surface area contributed by atoms with E-state index in [1.54, 1.807) is 13.0 Å². The zero-order chi connectivity index (χ0) is 11.3. The highest BCUT2D eigenvalue weighted by Crippen LogP contribution is 2.21. The number of hydrogen-bond acceptors (Lipinski definition) is 2. The molecule has 0 aliphatic rings. The van der Waals surface area contributed by atoms with Crippen LogP contribution < -0.4 is 11.5 Å². The first kappa shape index (κ1) is 12.1. The van der Waals surface area contributed by atoms with Gasteiger partial charge < -0.3 is 11.5 Å². The van der Waals surface area contributed by atoms with Gasteiger partial charge in [0.05, 0.1) is 0 Å². The zero-order valence-corrected chi connectivity index (χ0v) is 9.17. The molecule has 1 rings (SSSR count). The highest BCUT2D eigenvalue weighted by atomic mass is 19.1. The fourth-order valence-corrected chi connectivity index (χ4v) is 1.69. The minimum Gasteiger partial charge on any atom is -0.330 e. The zero-order valence-electron chi connectivity index (χ0n) is 9.17. The van der Waals surface area contributed by atoms with Gasteiger partial charge in [0.15, 0.2) is 0 Å². The van der Waals surface area contributed by atoms with Gasteiger partial charge in [-0.3, -0.25) is 0 Å². The molecule has 0 amide bonds. The van der Waals surface area contributed by atoms with Crippen LogP contribution in [-0.4, -0.2) is 6.54 Å². The molecule has 1 atom stereocenters. The second-order valence-electron chi connectivity index (χ2n) is 3.85. The molecule has 84 valence electrons. The second-order valence-corrected chi connectivity index (χ2v) is 3.85. The van der Waals surface area contributed by atoms with Crippen LogP contribution in [0.5, 0.6) is 0 Å². The third-order valence-corrected chi connectivity index (χ3v) is 2.68. The third kappa shape index (κ3) is 3.29. The van der Waals surface area contributed by atoms with Gasteiger partial charge in [0.1, 0.15) is 5.82 Å². The molecule has 1 aromatic carbocycles. The fraction of sp³-hybridized carbons (Fsp3) is 0.500. The summed E-state index contributed by atoms with van der Waals surface area (Å²) in [6.07, 6.45) is 2.83. The van der Waals surface area contributed by atoms with Crippen LogP contribution in [-0.2, 0) is 0 Å². The maximum absolute atomic E-state index is 13.3. The number of rotatable bonds is 5. The summed E-state index contributed by atoms with van der Waals surface area (Å²) in [6, 6.07) is 4.99. The lowest BCUT2D eigenvalue weighted by Crippen LogP contribution is -2.13. The molecule has 0 fully saturated rings. The Kier molecular flexibility index (Phi) is 4.72. The first-order valence-corrected chi connectivity index (χ1v) is 5.37. The van der Waals surface area contributed by atoms with Crippen molar-refractivity contribution in [2.24, 2.45) is 11.5 Å². The summed E-state index contributed by atoms with van der Waals surface area (Å²) >= 11 is 0. The van der Waals surface area contributed by atoms with Crippen LogP contribution in [0.3, 0.4) is 0 Å². The Morgan fingerprint density at radius 2 is 2.07 bits per heavy atom. The van der Waals surface area contributed by atoms with Crippen LogP contribution in [0, 0.1) is 12.7 Å². The van der Waals surface area contributed by atoms with Gasteiger partial charge in [-0.05, 0) is 43.5 Å². The van der Waals surface area contributed by atoms with Crippen molar-refractivity contribution >= 4 is 0 Å². The van der Waals surface area contributed by atoms with E-state index in [0.717, 1.165) is 24.8 Å². The van der Waals surface area contributed by atoms with Gasteiger partial charge in [-0.1, -0.05) is 18.6 Å². The molecule has 0 heterocycles. The van der Waals surface area contributed by atoms with Crippen LogP contribution in [0.2, 0.25) is 0 Å². The molecule has 0 aliphatic heterocycles. The van der Waals surface area contributed by atoms with Crippen molar-refractivity contribution in [2.45, 2.75) is 32.2 Å². The Morgan fingerprint density at radius 1 is 1.33 bits per heavy atom. The molecule has 0 unspecified atom stereocenters. The van der Waals surface area contributed by atoms with Gasteiger partial charge in [-0.15, -0.1) is 0 Å². The van der Waals surface area contributed by atoms with Crippen molar-refractivity contribution < 1.29 is 4.39 Å². The second kappa shape index (κ2) is 5.83. The van der Waals surface area contributed by atoms with Crippen molar-refractivity contribution in [3.05, 3.63) is 35.1 Å². The number of benzene rings is 1. The van der Waals surface area contributed by atoms with Crippen LogP contribution in [0.25, 0.3) is 0 Å². The lowest BCUT2D eigenvalue weighted by Gasteiger charge is -2.14. The van der Waals surface area contributed by atoms with Gasteiger partial charge in [0, 0.05) is 6.04 Å². The first-order valence-electron chi connectivity index (χ1n) is 5.37. The highest BCUT2D eigenvalue weighted by molar-refractivity contribution is 5.29. The Labute approximate surface area is 90.5 Å². The Morgan fingerprint density at radius 3 is 2.73 bits per heavy atom. The summed E-state index contributed by atoms with van der Waals surface area (Å²) in [4.78, 5) is 0. The van der Waals surface area contributed by atoms with E-state index in [4.69, 9.17) is 11.5 Å². The average Bonchev–Trinajstić information content (AvgIpc) is 2.22. The number of halogens is 1. The van der Waals surface area contributed by atoms with Crippen LogP contribution >= 0.6 is 0 Å². The normalized spacial score (nSPS) is 12.8. The first-order chi connectivity index (χ1) is 7.16. The van der Waals surface area contributed by atoms with Gasteiger partial charge >= 0.3 is 0 Å². The molecule has 0 aliphatic carbocycles. The lowest BCUT2D eigenvalue weighted by molar-refractivity contribution is 0.573. The van der Waals surface area contributed by atoms with Crippen LogP contribution in [0.1, 0.15) is 36.4 Å². The van der Waals surface area contributed by atoms with E-state index < -0.39 is 0 Å². The smallest absolute Gasteiger partial charge is 0.126 e. The molecule has 0 saturated carbocycles. The van der Waals surface area contributed by atoms with Crippen molar-refractivity contribution in [3.8, 4) is 0 Å². The summed E-state index contributed by atoms with van der Waals surface area (Å²) in [5.41, 5.74) is 13.0. The van der Waals surface area contributed by atoms with Crippen molar-refractivity contribution in [1.29, 1.82) is 0 Å². The van der Waals surface area contributed by atoms with Gasteiger partial charge in [0.2, 0.25) is 0 Å². The van der Waals surface area contributed by atoms with Crippen molar-refractivity contribution in [3.63, 3.8) is 0 Å². The topological polar surface area (TPSA) is 52.0 Å². The number of nitrogens with two attached hydrogens (primary N) is 2. The van der Waals surface area contributed by atoms with E-state index in [1.807, 2.05) is 6.07 Å². The van der Waals surface area contributed by atoms with E-state index in [0.29, 0.717) is 12.1 Å². The summed E-state index contributed by atoms with van der Waals surface area (Å²) in [5, 5.41) is 0. The fourth-order valence-electron chi connectivity index (χ4n) is 1.69. The Hall–Kier alpha value is -0.930. The van der Waals surface area contributed by atoms with Crippen molar-refractivity contribution in [1.82, 2.24) is 0 Å².